The molecule has 0 aromatic heterocycles. The zero-order chi connectivity index (χ0) is 33.3. The Balaban J connectivity index is 2.78. The van der Waals surface area contributed by atoms with Gasteiger partial charge in [0.15, 0.2) is 6.29 Å². The Morgan fingerprint density at radius 1 is 0.886 bits per heavy atom. The fourth-order valence-electron chi connectivity index (χ4n) is 3.90. The maximum Gasteiger partial charge on any atom is 0.407 e. The molecule has 1 rings (SSSR count). The summed E-state index contributed by atoms with van der Waals surface area (Å²) in [4.78, 5) is 12.0. The molecule has 0 saturated carbocycles. The van der Waals surface area contributed by atoms with Crippen molar-refractivity contribution in [3.8, 4) is 0 Å². The second-order valence-electron chi connectivity index (χ2n) is 10.5. The van der Waals surface area contributed by atoms with Gasteiger partial charge in [0.25, 0.3) is 0 Å². The zero-order valence-electron chi connectivity index (χ0n) is 26.0. The van der Waals surface area contributed by atoms with Crippen LogP contribution in [0.3, 0.4) is 0 Å². The van der Waals surface area contributed by atoms with Crippen LogP contribution in [0.5, 0.6) is 0 Å². The maximum absolute atomic E-state index is 13.2. The lowest BCUT2D eigenvalue weighted by molar-refractivity contribution is -0.252. The van der Waals surface area contributed by atoms with Crippen LogP contribution >= 0.6 is 15.2 Å². The summed E-state index contributed by atoms with van der Waals surface area (Å²) < 4.78 is 56.4. The number of aliphatic hydroxyl groups is 5. The number of allylic oxidation sites excluding steroid dienone is 5. The highest BCUT2D eigenvalue weighted by Gasteiger charge is 2.49. The van der Waals surface area contributed by atoms with E-state index in [4.69, 9.17) is 27.6 Å². The third-order valence-corrected chi connectivity index (χ3v) is 10.1. The molecule has 44 heavy (non-hydrogen) atoms. The Hall–Kier alpha value is -1.45. The molecule has 0 aliphatic carbocycles. The van der Waals surface area contributed by atoms with Crippen LogP contribution in [0.15, 0.2) is 34.9 Å². The summed E-state index contributed by atoms with van der Waals surface area (Å²) in [5.41, 5.74) is 3.44. The van der Waals surface area contributed by atoms with Gasteiger partial charge in [0.2, 0.25) is 0 Å². The molecule has 0 aromatic rings. The lowest BCUT2D eigenvalue weighted by atomic mass is 9.96. The first kappa shape index (κ1) is 40.6. The molecule has 0 bridgehead atoms. The van der Waals surface area contributed by atoms with E-state index in [0.717, 1.165) is 24.8 Å². The topological polar surface area (TPSA) is 220 Å². The third kappa shape index (κ3) is 14.8. The number of amides is 1. The molecule has 6 N–H and O–H groups in total. The number of ether oxygens (including phenoxy) is 3. The first-order valence-electron chi connectivity index (χ1n) is 14.2. The Labute approximate surface area is 258 Å². The van der Waals surface area contributed by atoms with E-state index in [2.05, 4.69) is 38.2 Å². The van der Waals surface area contributed by atoms with Gasteiger partial charge in [-0.25, -0.2) is 9.11 Å². The van der Waals surface area contributed by atoms with Gasteiger partial charge in [0.1, 0.15) is 37.6 Å². The van der Waals surface area contributed by atoms with Gasteiger partial charge >= 0.3 is 21.3 Å². The highest BCUT2D eigenvalue weighted by atomic mass is 31.3. The molecule has 1 fully saturated rings. The van der Waals surface area contributed by atoms with E-state index in [1.807, 2.05) is 6.92 Å². The highest BCUT2D eigenvalue weighted by Crippen LogP contribution is 2.64. The van der Waals surface area contributed by atoms with Gasteiger partial charge in [-0.2, -0.15) is 0 Å². The van der Waals surface area contributed by atoms with E-state index in [0.29, 0.717) is 6.42 Å². The average Bonchev–Trinajstić information content (AvgIpc) is 2.96. The van der Waals surface area contributed by atoms with Crippen molar-refractivity contribution >= 4 is 21.3 Å². The van der Waals surface area contributed by atoms with Crippen molar-refractivity contribution in [3.05, 3.63) is 34.9 Å². The quantitative estimate of drug-likeness (QED) is 0.0622. The number of rotatable bonds is 20. The second kappa shape index (κ2) is 20.6. The van der Waals surface area contributed by atoms with Crippen LogP contribution in [-0.4, -0.2) is 109 Å². The van der Waals surface area contributed by atoms with Crippen molar-refractivity contribution in [1.82, 2.24) is 5.32 Å². The Kier molecular flexibility index (Phi) is 19.0. The highest BCUT2D eigenvalue weighted by molar-refractivity contribution is 7.67. The normalized spacial score (nSPS) is 25.5. The number of methoxy groups -OCH3 is 1. The molecule has 1 heterocycles. The summed E-state index contributed by atoms with van der Waals surface area (Å²) in [5, 5.41) is 52.4. The van der Waals surface area contributed by atoms with Gasteiger partial charge in [0, 0.05) is 7.11 Å². The molecule has 1 saturated heterocycles. The largest absolute Gasteiger partial charge is 0.447 e. The summed E-state index contributed by atoms with van der Waals surface area (Å²) in [6.07, 6.45) is -1.44. The standard InChI is InChI=1S/C27H49NO14P2/c1-19(2)8-6-9-20(3)10-7-11-21(4)12-13-39-43(35,17-30)42-44(36,18-31)41-26-25(33)24(32)23(22(16-29)40-26)28-27(34)38-15-14-37-5/h8,10,12,22-26,29-33H,6-7,9,11,13-18H2,1-5H3,(H,28,34)/b20-10+,21-12-/t22?,23-,24-,25?,26-,43+,44-/m0/s1. The Bertz CT molecular complexity index is 1060. The summed E-state index contributed by atoms with van der Waals surface area (Å²) in [6, 6.07) is -1.39. The van der Waals surface area contributed by atoms with Crippen LogP contribution in [-0.2, 0) is 36.7 Å². The van der Waals surface area contributed by atoms with Gasteiger partial charge in [-0.05, 0) is 53.4 Å². The van der Waals surface area contributed by atoms with Crippen molar-refractivity contribution in [3.63, 3.8) is 0 Å². The van der Waals surface area contributed by atoms with Crippen molar-refractivity contribution in [1.29, 1.82) is 0 Å². The summed E-state index contributed by atoms with van der Waals surface area (Å²) in [6.45, 7) is 6.93. The number of aliphatic hydroxyl groups excluding tert-OH is 5. The monoisotopic (exact) mass is 673 g/mol. The molecule has 1 amide bonds. The fourth-order valence-corrected chi connectivity index (χ4v) is 7.11. The van der Waals surface area contributed by atoms with Crippen molar-refractivity contribution in [2.24, 2.45) is 0 Å². The Morgan fingerprint density at radius 3 is 2.07 bits per heavy atom. The molecule has 17 heteroatoms. The van der Waals surface area contributed by atoms with Gasteiger partial charge in [-0.3, -0.25) is 13.7 Å². The molecule has 1 aliphatic heterocycles. The molecule has 1 aliphatic rings. The number of hydrogen-bond donors (Lipinski definition) is 6. The number of alkyl carbamates (subject to hydrolysis) is 1. The van der Waals surface area contributed by atoms with E-state index < -0.39 is 71.2 Å². The molecular weight excluding hydrogens is 624 g/mol. The molecule has 7 atom stereocenters. The number of nitrogens with one attached hydrogen (secondary N) is 1. The van der Waals surface area contributed by atoms with Crippen molar-refractivity contribution in [2.45, 2.75) is 84.0 Å². The average molecular weight is 674 g/mol. The summed E-state index contributed by atoms with van der Waals surface area (Å²) in [7, 11) is -7.93. The van der Waals surface area contributed by atoms with Gasteiger partial charge in [-0.15, -0.1) is 0 Å². The van der Waals surface area contributed by atoms with E-state index >= 15 is 0 Å². The Morgan fingerprint density at radius 2 is 1.50 bits per heavy atom. The predicted molar refractivity (Wildman–Crippen MR) is 161 cm³/mol. The predicted octanol–water partition coefficient (Wildman–Crippen LogP) is 2.92. The molecule has 256 valence electrons. The summed E-state index contributed by atoms with van der Waals surface area (Å²) in [5.74, 6) is 0. The minimum atomic E-state index is -4.81. The first-order valence-corrected chi connectivity index (χ1v) is 17.6. The molecule has 15 nitrogen and oxygen atoms in total. The molecule has 0 spiro atoms. The van der Waals surface area contributed by atoms with Gasteiger partial charge < -0.3 is 49.6 Å². The van der Waals surface area contributed by atoms with Crippen LogP contribution in [0.4, 0.5) is 4.79 Å². The van der Waals surface area contributed by atoms with Crippen LogP contribution in [0, 0.1) is 0 Å². The van der Waals surface area contributed by atoms with Crippen molar-refractivity contribution in [2.75, 3.05) is 46.2 Å². The number of carbonyl (C=O) groups excluding carboxylic acids is 1. The van der Waals surface area contributed by atoms with Crippen LogP contribution in [0.2, 0.25) is 0 Å². The minimum Gasteiger partial charge on any atom is -0.447 e. The maximum atomic E-state index is 13.2. The SMILES string of the molecule is COCCOC(=O)N[C@H]1C(CO)O[C@@H](O[P@@](=O)(CO)O[P@@](=O)(CO)OC/C=C(/C)CC/C=C(\C)CCC=C(C)C)C(O)[C@H]1O. The van der Waals surface area contributed by atoms with Crippen LogP contribution in [0.25, 0.3) is 0 Å². The second-order valence-corrected chi connectivity index (χ2v) is 14.6. The third-order valence-electron chi connectivity index (χ3n) is 6.38. The van der Waals surface area contributed by atoms with Crippen LogP contribution < -0.4 is 5.32 Å². The summed E-state index contributed by atoms with van der Waals surface area (Å²) >= 11 is 0. The van der Waals surface area contributed by atoms with Crippen molar-refractivity contribution < 1.29 is 67.0 Å². The first-order chi connectivity index (χ1) is 20.7. The van der Waals surface area contributed by atoms with Gasteiger partial charge in [-0.1, -0.05) is 34.9 Å². The molecule has 0 aromatic carbocycles. The van der Waals surface area contributed by atoms with Gasteiger partial charge in [0.05, 0.1) is 25.9 Å². The lowest BCUT2D eigenvalue weighted by Crippen LogP contribution is -2.64. The van der Waals surface area contributed by atoms with E-state index in [1.54, 1.807) is 6.08 Å². The van der Waals surface area contributed by atoms with E-state index in [9.17, 15) is 39.5 Å². The minimum absolute atomic E-state index is 0.0988. The van der Waals surface area contributed by atoms with Crippen LogP contribution in [0.1, 0.15) is 53.4 Å². The molecule has 2 unspecified atom stereocenters. The number of hydrogen-bond acceptors (Lipinski definition) is 14. The van der Waals surface area contributed by atoms with E-state index in [1.165, 1.54) is 18.3 Å². The lowest BCUT2D eigenvalue weighted by Gasteiger charge is -2.42. The fraction of sp³-hybridized carbons (Fsp3) is 0.741. The molecule has 0 radical (unpaired) electrons. The smallest absolute Gasteiger partial charge is 0.407 e. The van der Waals surface area contributed by atoms with E-state index in [-0.39, 0.29) is 19.8 Å². The zero-order valence-corrected chi connectivity index (χ0v) is 27.8. The molecular formula is C27H49NO14P2. The number of carbonyl (C=O) groups is 1.